The Kier molecular flexibility index (Phi) is 4.64. The molecule has 0 unspecified atom stereocenters. The lowest BCUT2D eigenvalue weighted by Gasteiger charge is -2.60. The minimum Gasteiger partial charge on any atom is -0.462 e. The van der Waals surface area contributed by atoms with E-state index in [2.05, 4.69) is 33.8 Å². The Balaban J connectivity index is 1.73. The maximum absolute atomic E-state index is 12.8. The van der Waals surface area contributed by atoms with Crippen LogP contribution in [-0.2, 0) is 14.3 Å². The van der Waals surface area contributed by atoms with Crippen LogP contribution in [0.15, 0.2) is 11.6 Å². The van der Waals surface area contributed by atoms with Crippen LogP contribution in [0, 0.1) is 39.9 Å². The molecule has 0 saturated heterocycles. The van der Waals surface area contributed by atoms with Crippen LogP contribution in [0.4, 0.5) is 0 Å². The molecule has 4 aliphatic carbocycles. The minimum atomic E-state index is -0.213. The van der Waals surface area contributed by atoms with Crippen LogP contribution in [-0.4, -0.2) is 17.9 Å². The molecule has 156 valence electrons. The average molecular weight is 387 g/mol. The maximum Gasteiger partial charge on any atom is 0.302 e. The lowest BCUT2D eigenvalue weighted by Crippen LogP contribution is -2.56. The third kappa shape index (κ3) is 2.40. The SMILES string of the molecule is CC(=O)O[C@H]1CCCC2=CC[C@@H]3[C@H](CC[C@@]4(C)[C@H]3C[C@@H](C)[C@]4(C)C(C)=O)[C@]21C. The number of hydrogen-bond donors (Lipinski definition) is 0. The van der Waals surface area contributed by atoms with Crippen LogP contribution < -0.4 is 0 Å². The predicted molar refractivity (Wildman–Crippen MR) is 111 cm³/mol. The first-order chi connectivity index (χ1) is 13.1. The summed E-state index contributed by atoms with van der Waals surface area (Å²) in [6.45, 7) is 12.7. The van der Waals surface area contributed by atoms with Gasteiger partial charge in [0.25, 0.3) is 0 Å². The molecule has 0 aromatic carbocycles. The van der Waals surface area contributed by atoms with Crippen LogP contribution in [0.5, 0.6) is 0 Å². The highest BCUT2D eigenvalue weighted by Gasteiger charge is 2.67. The van der Waals surface area contributed by atoms with E-state index in [4.69, 9.17) is 4.74 Å². The number of carbonyl (C=O) groups excluding carboxylic acids is 2. The Bertz CT molecular complexity index is 723. The van der Waals surface area contributed by atoms with E-state index in [1.54, 1.807) is 6.92 Å². The number of ether oxygens (including phenoxy) is 1. The molecule has 0 amide bonds. The molecule has 0 spiro atoms. The molecule has 8 atom stereocenters. The fraction of sp³-hybridized carbons (Fsp3) is 0.840. The number of rotatable bonds is 2. The summed E-state index contributed by atoms with van der Waals surface area (Å²) >= 11 is 0. The molecular weight excluding hydrogens is 348 g/mol. The summed E-state index contributed by atoms with van der Waals surface area (Å²) in [6.07, 6.45) is 10.3. The Morgan fingerprint density at radius 2 is 1.82 bits per heavy atom. The van der Waals surface area contributed by atoms with Gasteiger partial charge in [-0.1, -0.05) is 39.3 Å². The van der Waals surface area contributed by atoms with Gasteiger partial charge in [-0.25, -0.2) is 0 Å². The van der Waals surface area contributed by atoms with E-state index >= 15 is 0 Å². The van der Waals surface area contributed by atoms with Gasteiger partial charge >= 0.3 is 5.97 Å². The van der Waals surface area contributed by atoms with Crippen molar-refractivity contribution in [3.8, 4) is 0 Å². The van der Waals surface area contributed by atoms with Crippen LogP contribution in [0.25, 0.3) is 0 Å². The molecular formula is C25H38O3. The number of ketones is 1. The number of esters is 1. The van der Waals surface area contributed by atoms with Crippen molar-refractivity contribution in [3.63, 3.8) is 0 Å². The molecule has 0 aliphatic heterocycles. The summed E-state index contributed by atoms with van der Waals surface area (Å²) in [6, 6.07) is 0. The number of allylic oxidation sites excluding steroid dienone is 1. The van der Waals surface area contributed by atoms with Gasteiger partial charge in [-0.3, -0.25) is 9.59 Å². The van der Waals surface area contributed by atoms with Crippen LogP contribution >= 0.6 is 0 Å². The van der Waals surface area contributed by atoms with Crippen LogP contribution in [0.1, 0.15) is 86.5 Å². The minimum absolute atomic E-state index is 0.0140. The van der Waals surface area contributed by atoms with Gasteiger partial charge in [0.2, 0.25) is 0 Å². The first-order valence-corrected chi connectivity index (χ1v) is 11.4. The summed E-state index contributed by atoms with van der Waals surface area (Å²) in [4.78, 5) is 24.6. The van der Waals surface area contributed by atoms with Gasteiger partial charge in [-0.05, 0) is 81.0 Å². The van der Waals surface area contributed by atoms with E-state index < -0.39 is 0 Å². The lowest BCUT2D eigenvalue weighted by molar-refractivity contribution is -0.164. The van der Waals surface area contributed by atoms with Crippen molar-refractivity contribution in [3.05, 3.63) is 11.6 Å². The second kappa shape index (κ2) is 6.44. The molecule has 3 saturated carbocycles. The average Bonchev–Trinajstić information content (AvgIpc) is 2.83. The summed E-state index contributed by atoms with van der Waals surface area (Å²) < 4.78 is 5.92. The van der Waals surface area contributed by atoms with Gasteiger partial charge < -0.3 is 4.74 Å². The number of hydrogen-bond acceptors (Lipinski definition) is 3. The van der Waals surface area contributed by atoms with E-state index in [-0.39, 0.29) is 28.3 Å². The third-order valence-electron chi connectivity index (χ3n) is 10.3. The molecule has 0 radical (unpaired) electrons. The van der Waals surface area contributed by atoms with E-state index in [1.165, 1.54) is 5.57 Å². The van der Waals surface area contributed by atoms with E-state index in [9.17, 15) is 9.59 Å². The second-order valence-electron chi connectivity index (χ2n) is 11.0. The van der Waals surface area contributed by atoms with E-state index in [1.807, 2.05) is 6.92 Å². The Morgan fingerprint density at radius 1 is 1.11 bits per heavy atom. The standard InChI is InChI=1S/C25H38O3/c1-15-14-21-19-11-10-18-8-7-9-22(28-17(3)27)24(18,5)20(19)12-13-23(21,4)25(15,6)16(2)26/h10,15,19-22H,7-9,11-14H2,1-6H3/t15-,19-,20+,21+,22+,23+,24+,25-/m1/s1. The van der Waals surface area contributed by atoms with E-state index in [0.717, 1.165) is 44.9 Å². The smallest absolute Gasteiger partial charge is 0.302 e. The zero-order chi connectivity index (χ0) is 20.5. The molecule has 4 rings (SSSR count). The van der Waals surface area contributed by atoms with Crippen molar-refractivity contribution in [2.45, 2.75) is 92.6 Å². The summed E-state index contributed by atoms with van der Waals surface area (Å²) in [5.74, 6) is 2.42. The predicted octanol–water partition coefficient (Wildman–Crippen LogP) is 5.72. The first kappa shape index (κ1) is 20.2. The van der Waals surface area contributed by atoms with Gasteiger partial charge in [0.05, 0.1) is 0 Å². The zero-order valence-corrected chi connectivity index (χ0v) is 18.6. The monoisotopic (exact) mass is 386 g/mol. The molecule has 0 aromatic rings. The number of fused-ring (bicyclic) bond motifs is 5. The molecule has 3 fully saturated rings. The second-order valence-corrected chi connectivity index (χ2v) is 11.0. The number of Topliss-reactive ketones (excluding diaryl/α,β-unsaturated/α-hetero) is 1. The van der Waals surface area contributed by atoms with Crippen molar-refractivity contribution in [1.82, 2.24) is 0 Å². The van der Waals surface area contributed by atoms with Crippen LogP contribution in [0.2, 0.25) is 0 Å². The fourth-order valence-electron chi connectivity index (χ4n) is 8.40. The highest BCUT2D eigenvalue weighted by molar-refractivity contribution is 5.83. The Hall–Kier alpha value is -1.12. The molecule has 0 heterocycles. The highest BCUT2D eigenvalue weighted by Crippen LogP contribution is 2.71. The lowest BCUT2D eigenvalue weighted by atomic mass is 9.45. The fourth-order valence-corrected chi connectivity index (χ4v) is 8.40. The Morgan fingerprint density at radius 3 is 2.46 bits per heavy atom. The highest BCUT2D eigenvalue weighted by atomic mass is 16.5. The molecule has 28 heavy (non-hydrogen) atoms. The van der Waals surface area contributed by atoms with Crippen molar-refractivity contribution in [2.75, 3.05) is 0 Å². The van der Waals surface area contributed by atoms with Crippen molar-refractivity contribution in [2.24, 2.45) is 39.9 Å². The Labute approximate surface area is 170 Å². The quantitative estimate of drug-likeness (QED) is 0.450. The van der Waals surface area contributed by atoms with Gasteiger partial charge in [0.15, 0.2) is 0 Å². The molecule has 3 nitrogen and oxygen atoms in total. The van der Waals surface area contributed by atoms with Crippen LogP contribution in [0.3, 0.4) is 0 Å². The van der Waals surface area contributed by atoms with Gasteiger partial charge in [-0.2, -0.15) is 0 Å². The molecule has 0 bridgehead atoms. The summed E-state index contributed by atoms with van der Waals surface area (Å²) in [5.41, 5.74) is 1.39. The van der Waals surface area contributed by atoms with Gasteiger partial charge in [0, 0.05) is 17.8 Å². The number of carbonyl (C=O) groups is 2. The third-order valence-corrected chi connectivity index (χ3v) is 10.3. The molecule has 0 aromatic heterocycles. The first-order valence-electron chi connectivity index (χ1n) is 11.4. The van der Waals surface area contributed by atoms with Crippen molar-refractivity contribution < 1.29 is 14.3 Å². The largest absolute Gasteiger partial charge is 0.462 e. The van der Waals surface area contributed by atoms with E-state index in [0.29, 0.717) is 29.5 Å². The summed E-state index contributed by atoms with van der Waals surface area (Å²) in [7, 11) is 0. The molecule has 3 heteroatoms. The molecule has 4 aliphatic rings. The van der Waals surface area contributed by atoms with Crippen molar-refractivity contribution in [1.29, 1.82) is 0 Å². The zero-order valence-electron chi connectivity index (χ0n) is 18.6. The van der Waals surface area contributed by atoms with Gasteiger partial charge in [-0.15, -0.1) is 0 Å². The van der Waals surface area contributed by atoms with Gasteiger partial charge in [0.1, 0.15) is 11.9 Å². The normalized spacial score (nSPS) is 50.1. The summed E-state index contributed by atoms with van der Waals surface area (Å²) in [5, 5.41) is 0. The molecule has 0 N–H and O–H groups in total. The van der Waals surface area contributed by atoms with Crippen molar-refractivity contribution >= 4 is 11.8 Å². The maximum atomic E-state index is 12.8. The topological polar surface area (TPSA) is 43.4 Å².